The number of nitrogens with one attached hydrogen (secondary N) is 1. The molecule has 2 fully saturated rings. The summed E-state index contributed by atoms with van der Waals surface area (Å²) in [5.74, 6) is 2.09. The number of amidine groups is 1. The molecule has 18 heavy (non-hydrogen) atoms. The van der Waals surface area contributed by atoms with Crippen molar-refractivity contribution in [1.82, 2.24) is 10.3 Å². The van der Waals surface area contributed by atoms with Crippen LogP contribution in [0.5, 0.6) is 0 Å². The van der Waals surface area contributed by atoms with Gasteiger partial charge in [-0.25, -0.2) is 4.98 Å². The van der Waals surface area contributed by atoms with E-state index in [0.29, 0.717) is 12.1 Å². The average molecular weight is 281 g/mol. The highest BCUT2D eigenvalue weighted by Gasteiger charge is 2.39. The molecule has 1 saturated heterocycles. The van der Waals surface area contributed by atoms with Gasteiger partial charge < -0.3 is 5.32 Å². The van der Waals surface area contributed by atoms with Crippen LogP contribution in [-0.2, 0) is 6.54 Å². The zero-order valence-electron chi connectivity index (χ0n) is 10.7. The molecule has 0 aromatic carbocycles. The summed E-state index contributed by atoms with van der Waals surface area (Å²) in [4.78, 5) is 8.91. The highest BCUT2D eigenvalue weighted by atomic mass is 32.2. The summed E-state index contributed by atoms with van der Waals surface area (Å²) in [6.07, 6.45) is 5.31. The van der Waals surface area contributed by atoms with Gasteiger partial charge in [-0.3, -0.25) is 4.99 Å². The van der Waals surface area contributed by atoms with Crippen molar-refractivity contribution in [3.63, 3.8) is 0 Å². The van der Waals surface area contributed by atoms with Gasteiger partial charge in [-0.1, -0.05) is 18.7 Å². The summed E-state index contributed by atoms with van der Waals surface area (Å²) in [6, 6.07) is 0. The molecular weight excluding hydrogens is 262 g/mol. The fourth-order valence-corrected chi connectivity index (χ4v) is 4.41. The highest BCUT2D eigenvalue weighted by molar-refractivity contribution is 8.14. The molecular formula is C13H19N3S2. The standard InChI is InChI=1S/C13H19N3S2/c1-10-2-4-13(5-3-10)8-18-12(16-13)14-6-11-7-17-9-15-11/h7,9-10H,2-6,8H2,1H3,(H,14,16). The Hall–Kier alpha value is -0.550. The number of nitrogens with zero attached hydrogens (tertiary/aromatic N) is 2. The molecule has 2 heterocycles. The van der Waals surface area contributed by atoms with Crippen LogP contribution in [0.25, 0.3) is 0 Å². The molecule has 1 aromatic rings. The smallest absolute Gasteiger partial charge is 0.157 e. The Kier molecular flexibility index (Phi) is 3.61. The second kappa shape index (κ2) is 5.21. The maximum atomic E-state index is 4.65. The van der Waals surface area contributed by atoms with Gasteiger partial charge in [0.15, 0.2) is 5.17 Å². The van der Waals surface area contributed by atoms with Crippen molar-refractivity contribution < 1.29 is 0 Å². The van der Waals surface area contributed by atoms with E-state index < -0.39 is 0 Å². The molecule has 2 aliphatic rings. The third-order valence-corrected chi connectivity index (χ3v) is 5.79. The van der Waals surface area contributed by atoms with Gasteiger partial charge in [0.2, 0.25) is 0 Å². The lowest BCUT2D eigenvalue weighted by molar-refractivity contribution is 0.251. The first-order chi connectivity index (χ1) is 8.76. The Morgan fingerprint density at radius 2 is 2.33 bits per heavy atom. The second-order valence-corrected chi connectivity index (χ2v) is 7.16. The topological polar surface area (TPSA) is 37.3 Å². The molecule has 0 atom stereocenters. The maximum absolute atomic E-state index is 4.65. The number of rotatable bonds is 2. The number of thioether (sulfide) groups is 1. The van der Waals surface area contributed by atoms with Gasteiger partial charge in [-0.05, 0) is 31.6 Å². The summed E-state index contributed by atoms with van der Waals surface area (Å²) in [5.41, 5.74) is 3.29. The fourth-order valence-electron chi connectivity index (χ4n) is 2.64. The second-order valence-electron chi connectivity index (χ2n) is 5.48. The van der Waals surface area contributed by atoms with Gasteiger partial charge in [0.25, 0.3) is 0 Å². The molecule has 1 N–H and O–H groups in total. The molecule has 3 nitrogen and oxygen atoms in total. The van der Waals surface area contributed by atoms with Crippen molar-refractivity contribution >= 4 is 28.3 Å². The zero-order chi connectivity index (χ0) is 12.4. The Labute approximate surface area is 116 Å². The fraction of sp³-hybridized carbons (Fsp3) is 0.692. The largest absolute Gasteiger partial charge is 0.359 e. The minimum atomic E-state index is 0.345. The molecule has 5 heteroatoms. The van der Waals surface area contributed by atoms with E-state index in [0.717, 1.165) is 16.8 Å². The molecule has 1 spiro atoms. The van der Waals surface area contributed by atoms with Crippen molar-refractivity contribution in [2.45, 2.75) is 44.7 Å². The molecule has 98 valence electrons. The number of thiazole rings is 1. The summed E-state index contributed by atoms with van der Waals surface area (Å²) >= 11 is 3.52. The third kappa shape index (κ3) is 2.72. The first-order valence-electron chi connectivity index (χ1n) is 6.58. The summed E-state index contributed by atoms with van der Waals surface area (Å²) in [6.45, 7) is 3.08. The lowest BCUT2D eigenvalue weighted by atomic mass is 9.78. The van der Waals surface area contributed by atoms with Gasteiger partial charge in [0.05, 0.1) is 17.7 Å². The SMILES string of the molecule is CC1CCC2(CC1)CSC(=NCc1cscn1)N2. The Balaban J connectivity index is 1.59. The van der Waals surface area contributed by atoms with Gasteiger partial charge >= 0.3 is 0 Å². The van der Waals surface area contributed by atoms with Crippen LogP contribution >= 0.6 is 23.1 Å². The van der Waals surface area contributed by atoms with Gasteiger partial charge in [0, 0.05) is 16.7 Å². The number of hydrogen-bond acceptors (Lipinski definition) is 4. The molecule has 0 radical (unpaired) electrons. The number of aliphatic imine (C=N–C) groups is 1. The normalized spacial score (nSPS) is 34.1. The van der Waals surface area contributed by atoms with Crippen LogP contribution in [0.15, 0.2) is 15.9 Å². The lowest BCUT2D eigenvalue weighted by Crippen LogP contribution is -2.46. The molecule has 0 unspecified atom stereocenters. The van der Waals surface area contributed by atoms with Crippen molar-refractivity contribution in [2.24, 2.45) is 10.9 Å². The molecule has 0 amide bonds. The van der Waals surface area contributed by atoms with E-state index >= 15 is 0 Å². The molecule has 0 bridgehead atoms. The monoisotopic (exact) mass is 281 g/mol. The minimum Gasteiger partial charge on any atom is -0.359 e. The van der Waals surface area contributed by atoms with Gasteiger partial charge in [-0.2, -0.15) is 0 Å². The van der Waals surface area contributed by atoms with Crippen molar-refractivity contribution in [2.75, 3.05) is 5.75 Å². The van der Waals surface area contributed by atoms with Crippen LogP contribution in [0.1, 0.15) is 38.3 Å². The summed E-state index contributed by atoms with van der Waals surface area (Å²) in [5, 5.41) is 6.87. The third-order valence-electron chi connectivity index (χ3n) is 3.96. The molecule has 1 saturated carbocycles. The Morgan fingerprint density at radius 3 is 3.06 bits per heavy atom. The Morgan fingerprint density at radius 1 is 1.50 bits per heavy atom. The summed E-state index contributed by atoms with van der Waals surface area (Å²) in [7, 11) is 0. The quantitative estimate of drug-likeness (QED) is 0.904. The van der Waals surface area contributed by atoms with Crippen LogP contribution in [0.4, 0.5) is 0 Å². The molecule has 3 rings (SSSR count). The van der Waals surface area contributed by atoms with Crippen LogP contribution in [0.2, 0.25) is 0 Å². The van der Waals surface area contributed by atoms with Crippen LogP contribution in [0.3, 0.4) is 0 Å². The van der Waals surface area contributed by atoms with E-state index in [9.17, 15) is 0 Å². The van der Waals surface area contributed by atoms with Crippen LogP contribution < -0.4 is 5.32 Å². The van der Waals surface area contributed by atoms with E-state index in [-0.39, 0.29) is 0 Å². The minimum absolute atomic E-state index is 0.345. The molecule has 1 aliphatic carbocycles. The highest BCUT2D eigenvalue weighted by Crippen LogP contribution is 2.38. The molecule has 1 aliphatic heterocycles. The predicted octanol–water partition coefficient (Wildman–Crippen LogP) is 3.28. The van der Waals surface area contributed by atoms with E-state index in [4.69, 9.17) is 0 Å². The average Bonchev–Trinajstić information content (AvgIpc) is 3.02. The van der Waals surface area contributed by atoms with Gasteiger partial charge in [-0.15, -0.1) is 11.3 Å². The maximum Gasteiger partial charge on any atom is 0.157 e. The predicted molar refractivity (Wildman–Crippen MR) is 79.2 cm³/mol. The van der Waals surface area contributed by atoms with Crippen molar-refractivity contribution in [3.8, 4) is 0 Å². The number of aromatic nitrogens is 1. The van der Waals surface area contributed by atoms with Gasteiger partial charge in [0.1, 0.15) is 0 Å². The van der Waals surface area contributed by atoms with E-state index in [1.54, 1.807) is 11.3 Å². The van der Waals surface area contributed by atoms with Crippen LogP contribution in [-0.4, -0.2) is 21.4 Å². The molecule has 1 aromatic heterocycles. The van der Waals surface area contributed by atoms with E-state index in [1.165, 1.54) is 31.4 Å². The first kappa shape index (κ1) is 12.5. The van der Waals surface area contributed by atoms with Crippen LogP contribution in [0, 0.1) is 5.92 Å². The van der Waals surface area contributed by atoms with Crippen molar-refractivity contribution in [3.05, 3.63) is 16.6 Å². The van der Waals surface area contributed by atoms with E-state index in [2.05, 4.69) is 27.6 Å². The van der Waals surface area contributed by atoms with Crippen molar-refractivity contribution in [1.29, 1.82) is 0 Å². The Bertz CT molecular complexity index is 419. The lowest BCUT2D eigenvalue weighted by Gasteiger charge is -2.35. The zero-order valence-corrected chi connectivity index (χ0v) is 12.3. The van der Waals surface area contributed by atoms with E-state index in [1.807, 2.05) is 17.3 Å². The number of hydrogen-bond donors (Lipinski definition) is 1. The summed E-state index contributed by atoms with van der Waals surface area (Å²) < 4.78 is 0. The first-order valence-corrected chi connectivity index (χ1v) is 8.51.